The first-order valence-corrected chi connectivity index (χ1v) is 6.30. The number of nitrogens with one attached hydrogen (secondary N) is 1. The minimum Gasteiger partial charge on any atom is -0.346 e. The molecule has 0 heterocycles. The maximum atomic E-state index is 10.8. The van der Waals surface area contributed by atoms with Gasteiger partial charge >= 0.3 is 0 Å². The predicted molar refractivity (Wildman–Crippen MR) is 74.3 cm³/mol. The van der Waals surface area contributed by atoms with Gasteiger partial charge in [0.25, 0.3) is 5.24 Å². The summed E-state index contributed by atoms with van der Waals surface area (Å²) in [5.74, 6) is 0. The summed E-state index contributed by atoms with van der Waals surface area (Å²) in [6.07, 6.45) is 0. The van der Waals surface area contributed by atoms with E-state index in [2.05, 4.69) is 66.8 Å². The van der Waals surface area contributed by atoms with Crippen molar-refractivity contribution in [3.8, 4) is 0 Å². The second-order valence-corrected chi connectivity index (χ2v) is 5.82. The van der Waals surface area contributed by atoms with Crippen LogP contribution in [-0.2, 0) is 5.41 Å². The molecule has 2 nitrogen and oxygen atoms in total. The molecule has 1 N–H and O–H groups in total. The summed E-state index contributed by atoms with van der Waals surface area (Å²) in [4.78, 5) is 10.8. The molecule has 0 bridgehead atoms. The molecule has 0 radical (unpaired) electrons. The van der Waals surface area contributed by atoms with Crippen LogP contribution >= 0.6 is 28.6 Å². The van der Waals surface area contributed by atoms with E-state index in [0.29, 0.717) is 6.54 Å². The van der Waals surface area contributed by atoms with E-state index in [1.54, 1.807) is 0 Å². The fourth-order valence-electron chi connectivity index (χ4n) is 1.72. The molecular weight excluding hydrogens is 286 g/mol. The van der Waals surface area contributed by atoms with Gasteiger partial charge in [-0.1, -0.05) is 48.5 Å². The number of thiol groups is 1. The van der Waals surface area contributed by atoms with E-state index < -0.39 is 0 Å². The van der Waals surface area contributed by atoms with Crippen molar-refractivity contribution >= 4 is 33.8 Å². The van der Waals surface area contributed by atoms with Crippen LogP contribution in [0.3, 0.4) is 0 Å². The zero-order valence-corrected chi connectivity index (χ0v) is 12.2. The molecule has 0 atom stereocenters. The molecule has 0 saturated heterocycles. The van der Waals surface area contributed by atoms with E-state index in [4.69, 9.17) is 0 Å². The molecular formula is C12H16BrNOS. The quantitative estimate of drug-likeness (QED) is 0.820. The Morgan fingerprint density at radius 1 is 1.50 bits per heavy atom. The van der Waals surface area contributed by atoms with Crippen LogP contribution in [0.4, 0.5) is 4.79 Å². The SMILES string of the molecule is Cc1ccc(Br)cc1C(C)(C)CNC(=O)S. The summed E-state index contributed by atoms with van der Waals surface area (Å²) in [5.41, 5.74) is 2.34. The van der Waals surface area contributed by atoms with Gasteiger partial charge < -0.3 is 5.32 Å². The second kappa shape index (κ2) is 5.23. The van der Waals surface area contributed by atoms with E-state index in [1.807, 2.05) is 6.07 Å². The van der Waals surface area contributed by atoms with Crippen LogP contribution in [0.15, 0.2) is 22.7 Å². The third-order valence-corrected chi connectivity index (χ3v) is 3.26. The van der Waals surface area contributed by atoms with Crippen molar-refractivity contribution in [2.75, 3.05) is 6.54 Å². The molecule has 88 valence electrons. The minimum atomic E-state index is -0.291. The Morgan fingerprint density at radius 2 is 2.12 bits per heavy atom. The Bertz CT molecular complexity index is 404. The van der Waals surface area contributed by atoms with Crippen LogP contribution in [0.2, 0.25) is 0 Å². The highest BCUT2D eigenvalue weighted by atomic mass is 79.9. The van der Waals surface area contributed by atoms with Gasteiger partial charge in [-0.25, -0.2) is 0 Å². The number of amides is 1. The topological polar surface area (TPSA) is 29.1 Å². The lowest BCUT2D eigenvalue weighted by Gasteiger charge is -2.27. The number of rotatable bonds is 3. The average molecular weight is 302 g/mol. The van der Waals surface area contributed by atoms with Crippen LogP contribution in [0.5, 0.6) is 0 Å². The number of halogens is 1. The lowest BCUT2D eigenvalue weighted by molar-refractivity contribution is 0.258. The van der Waals surface area contributed by atoms with E-state index in [9.17, 15) is 4.79 Å². The van der Waals surface area contributed by atoms with Crippen LogP contribution in [0, 0.1) is 6.92 Å². The summed E-state index contributed by atoms with van der Waals surface area (Å²) in [7, 11) is 0. The molecule has 0 aliphatic carbocycles. The normalized spacial score (nSPS) is 11.3. The molecule has 0 aliphatic heterocycles. The summed E-state index contributed by atoms with van der Waals surface area (Å²) in [6.45, 7) is 6.86. The average Bonchev–Trinajstić information content (AvgIpc) is 2.19. The molecule has 1 amide bonds. The fraction of sp³-hybridized carbons (Fsp3) is 0.417. The molecule has 0 aromatic heterocycles. The van der Waals surface area contributed by atoms with Crippen LogP contribution in [0.1, 0.15) is 25.0 Å². The zero-order valence-electron chi connectivity index (χ0n) is 9.67. The van der Waals surface area contributed by atoms with E-state index in [1.165, 1.54) is 11.1 Å². The molecule has 0 unspecified atom stereocenters. The lowest BCUT2D eigenvalue weighted by Crippen LogP contribution is -2.34. The Morgan fingerprint density at radius 3 is 2.69 bits per heavy atom. The van der Waals surface area contributed by atoms with Gasteiger partial charge in [0.15, 0.2) is 0 Å². The smallest absolute Gasteiger partial charge is 0.276 e. The van der Waals surface area contributed by atoms with Gasteiger partial charge in [-0.15, -0.1) is 0 Å². The van der Waals surface area contributed by atoms with Crippen molar-refractivity contribution in [1.29, 1.82) is 0 Å². The van der Waals surface area contributed by atoms with Crippen molar-refractivity contribution in [2.45, 2.75) is 26.2 Å². The maximum Gasteiger partial charge on any atom is 0.276 e. The van der Waals surface area contributed by atoms with Crippen molar-refractivity contribution in [3.63, 3.8) is 0 Å². The molecule has 0 fully saturated rings. The fourth-order valence-corrected chi connectivity index (χ4v) is 2.16. The standard InChI is InChI=1S/C12H16BrNOS/c1-8-4-5-9(13)6-10(8)12(2,3)7-14-11(15)16/h4-6H,7H2,1-3H3,(H2,14,15,16). The van der Waals surface area contributed by atoms with Gasteiger partial charge in [-0.05, 0) is 30.2 Å². The minimum absolute atomic E-state index is 0.105. The Kier molecular flexibility index (Phi) is 4.44. The van der Waals surface area contributed by atoms with Crippen LogP contribution in [0.25, 0.3) is 0 Å². The van der Waals surface area contributed by atoms with Crippen molar-refractivity contribution in [2.24, 2.45) is 0 Å². The molecule has 1 rings (SSSR count). The Hall–Kier alpha value is -0.480. The largest absolute Gasteiger partial charge is 0.346 e. The van der Waals surface area contributed by atoms with Gasteiger partial charge in [-0.2, -0.15) is 0 Å². The van der Waals surface area contributed by atoms with Crippen molar-refractivity contribution in [1.82, 2.24) is 5.32 Å². The highest BCUT2D eigenvalue weighted by Gasteiger charge is 2.23. The zero-order chi connectivity index (χ0) is 12.3. The lowest BCUT2D eigenvalue weighted by atomic mass is 9.82. The Labute approximate surface area is 110 Å². The highest BCUT2D eigenvalue weighted by molar-refractivity contribution is 9.10. The molecule has 0 aliphatic rings. The van der Waals surface area contributed by atoms with Gasteiger partial charge in [-0.3, -0.25) is 4.79 Å². The number of aryl methyl sites for hydroxylation is 1. The number of benzene rings is 1. The van der Waals surface area contributed by atoms with Crippen LogP contribution in [-0.4, -0.2) is 11.8 Å². The molecule has 1 aromatic rings. The molecule has 4 heteroatoms. The van der Waals surface area contributed by atoms with Gasteiger partial charge in [0.05, 0.1) is 0 Å². The Balaban J connectivity index is 2.96. The third-order valence-electron chi connectivity index (χ3n) is 2.61. The van der Waals surface area contributed by atoms with Crippen molar-refractivity contribution < 1.29 is 4.79 Å². The third kappa shape index (κ3) is 3.52. The molecule has 16 heavy (non-hydrogen) atoms. The van der Waals surface area contributed by atoms with Gasteiger partial charge in [0.2, 0.25) is 0 Å². The summed E-state index contributed by atoms with van der Waals surface area (Å²) in [5, 5.41) is 2.45. The van der Waals surface area contributed by atoms with E-state index in [0.717, 1.165) is 4.47 Å². The predicted octanol–water partition coefficient (Wildman–Crippen LogP) is 3.67. The second-order valence-electron chi connectivity index (χ2n) is 4.50. The number of hydrogen-bond donors (Lipinski definition) is 2. The highest BCUT2D eigenvalue weighted by Crippen LogP contribution is 2.28. The first kappa shape index (κ1) is 13.6. The van der Waals surface area contributed by atoms with E-state index >= 15 is 0 Å². The number of carbonyl (C=O) groups excluding carboxylic acids is 1. The molecule has 0 saturated carbocycles. The summed E-state index contributed by atoms with van der Waals surface area (Å²) >= 11 is 7.18. The molecule has 0 spiro atoms. The maximum absolute atomic E-state index is 10.8. The first-order chi connectivity index (χ1) is 7.33. The number of hydrogen-bond acceptors (Lipinski definition) is 1. The van der Waals surface area contributed by atoms with Crippen molar-refractivity contribution in [3.05, 3.63) is 33.8 Å². The monoisotopic (exact) mass is 301 g/mol. The van der Waals surface area contributed by atoms with Gasteiger partial charge in [0.1, 0.15) is 0 Å². The first-order valence-electron chi connectivity index (χ1n) is 5.06. The molecule has 1 aromatic carbocycles. The summed E-state index contributed by atoms with van der Waals surface area (Å²) in [6, 6.07) is 6.19. The summed E-state index contributed by atoms with van der Waals surface area (Å²) < 4.78 is 1.05. The van der Waals surface area contributed by atoms with Crippen LogP contribution < -0.4 is 5.32 Å². The number of carbonyl (C=O) groups is 1. The van der Waals surface area contributed by atoms with Gasteiger partial charge in [0, 0.05) is 16.4 Å². The van der Waals surface area contributed by atoms with E-state index in [-0.39, 0.29) is 10.7 Å².